The van der Waals surface area contributed by atoms with Crippen molar-refractivity contribution < 1.29 is 23.7 Å². The Kier molecular flexibility index (Phi) is 7.26. The highest BCUT2D eigenvalue weighted by Crippen LogP contribution is 2.38. The van der Waals surface area contributed by atoms with Crippen molar-refractivity contribution in [2.75, 3.05) is 27.9 Å². The topological polar surface area (TPSA) is 88.4 Å². The summed E-state index contributed by atoms with van der Waals surface area (Å²) in [6.45, 7) is 3.72. The van der Waals surface area contributed by atoms with E-state index < -0.39 is 12.0 Å². The van der Waals surface area contributed by atoms with Crippen molar-refractivity contribution >= 4 is 34.2 Å². The number of carbonyl (C=O) groups excluding carboxylic acids is 1. The Morgan fingerprint density at radius 3 is 2.41 bits per heavy atom. The number of carbonyl (C=O) groups is 1. The van der Waals surface area contributed by atoms with Crippen molar-refractivity contribution in [3.63, 3.8) is 0 Å². The Morgan fingerprint density at radius 1 is 1.00 bits per heavy atom. The van der Waals surface area contributed by atoms with Crippen LogP contribution in [0.5, 0.6) is 17.2 Å². The van der Waals surface area contributed by atoms with Gasteiger partial charge in [-0.3, -0.25) is 9.36 Å². The van der Waals surface area contributed by atoms with Gasteiger partial charge >= 0.3 is 5.97 Å². The smallest absolute Gasteiger partial charge is 0.338 e. The van der Waals surface area contributed by atoms with Gasteiger partial charge in [-0.1, -0.05) is 41.7 Å². The molecule has 0 amide bonds. The lowest BCUT2D eigenvalue weighted by atomic mass is 9.91. The number of esters is 1. The summed E-state index contributed by atoms with van der Waals surface area (Å²) in [7, 11) is 4.77. The van der Waals surface area contributed by atoms with E-state index in [-0.39, 0.29) is 12.2 Å². The number of fused-ring (bicyclic) bond motifs is 2. The van der Waals surface area contributed by atoms with Crippen molar-refractivity contribution in [3.05, 3.63) is 96.7 Å². The van der Waals surface area contributed by atoms with Crippen molar-refractivity contribution in [2.24, 2.45) is 4.99 Å². The van der Waals surface area contributed by atoms with Crippen molar-refractivity contribution in [2.45, 2.75) is 19.9 Å². The number of hydrogen-bond donors (Lipinski definition) is 0. The third-order valence-electron chi connectivity index (χ3n) is 6.67. The van der Waals surface area contributed by atoms with Crippen LogP contribution < -0.4 is 29.1 Å². The standard InChI is InChI=1S/C30H28N2O6S/c1-6-38-29(34)26-17(2)31-30-32(27(26)22-12-14-24(37-5)21-10-8-7-9-20(21)22)28(33)25(39-30)16-18-15-19(35-3)11-13-23(18)36-4/h7-16,27H,6H2,1-5H3/b25-16-/t27-/m1/s1. The van der Waals surface area contributed by atoms with E-state index in [0.29, 0.717) is 43.4 Å². The van der Waals surface area contributed by atoms with E-state index in [4.69, 9.17) is 18.9 Å². The molecule has 1 aromatic heterocycles. The summed E-state index contributed by atoms with van der Waals surface area (Å²) in [6.07, 6.45) is 1.76. The third kappa shape index (κ3) is 4.59. The van der Waals surface area contributed by atoms with Gasteiger partial charge in [-0.15, -0.1) is 0 Å². The maximum Gasteiger partial charge on any atom is 0.338 e. The zero-order valence-electron chi connectivity index (χ0n) is 22.3. The van der Waals surface area contributed by atoms with Gasteiger partial charge in [0.15, 0.2) is 4.80 Å². The minimum atomic E-state index is -0.745. The monoisotopic (exact) mass is 544 g/mol. The maximum absolute atomic E-state index is 14.1. The van der Waals surface area contributed by atoms with Gasteiger partial charge in [0.1, 0.15) is 17.2 Å². The average molecular weight is 545 g/mol. The van der Waals surface area contributed by atoms with Crippen molar-refractivity contribution in [1.29, 1.82) is 0 Å². The van der Waals surface area contributed by atoms with Crippen LogP contribution in [-0.4, -0.2) is 38.5 Å². The number of ether oxygens (including phenoxy) is 4. The molecule has 0 spiro atoms. The molecule has 39 heavy (non-hydrogen) atoms. The normalized spacial score (nSPS) is 15.1. The molecule has 0 fully saturated rings. The summed E-state index contributed by atoms with van der Waals surface area (Å²) in [5, 5.41) is 1.74. The summed E-state index contributed by atoms with van der Waals surface area (Å²) < 4.78 is 23.9. The van der Waals surface area contributed by atoms with E-state index in [0.717, 1.165) is 16.3 Å². The molecule has 0 radical (unpaired) electrons. The molecule has 200 valence electrons. The maximum atomic E-state index is 14.1. The van der Waals surface area contributed by atoms with Gasteiger partial charge in [0, 0.05) is 10.9 Å². The Balaban J connectivity index is 1.81. The van der Waals surface area contributed by atoms with Gasteiger partial charge < -0.3 is 18.9 Å². The fourth-order valence-electron chi connectivity index (χ4n) is 4.89. The van der Waals surface area contributed by atoms with Crippen LogP contribution in [0.15, 0.2) is 75.7 Å². The molecule has 4 aromatic rings. The molecule has 3 aromatic carbocycles. The molecule has 1 aliphatic heterocycles. The lowest BCUT2D eigenvalue weighted by Crippen LogP contribution is -2.40. The van der Waals surface area contributed by atoms with E-state index >= 15 is 0 Å². The number of rotatable bonds is 7. The van der Waals surface area contributed by atoms with Crippen LogP contribution in [0.25, 0.3) is 16.8 Å². The number of allylic oxidation sites excluding steroid dienone is 1. The quantitative estimate of drug-likeness (QED) is 0.327. The molecule has 8 nitrogen and oxygen atoms in total. The first kappa shape index (κ1) is 26.2. The number of aromatic nitrogens is 1. The van der Waals surface area contributed by atoms with Gasteiger partial charge in [-0.25, -0.2) is 9.79 Å². The molecule has 0 aliphatic carbocycles. The summed E-state index contributed by atoms with van der Waals surface area (Å²) in [6, 6.07) is 16.2. The largest absolute Gasteiger partial charge is 0.497 e. The summed E-state index contributed by atoms with van der Waals surface area (Å²) in [5.41, 5.74) is 2.02. The van der Waals surface area contributed by atoms with Crippen molar-refractivity contribution in [1.82, 2.24) is 4.57 Å². The molecule has 0 unspecified atom stereocenters. The van der Waals surface area contributed by atoms with E-state index in [2.05, 4.69) is 4.99 Å². The highest BCUT2D eigenvalue weighted by atomic mass is 32.1. The average Bonchev–Trinajstić information content (AvgIpc) is 3.25. The molecular weight excluding hydrogens is 516 g/mol. The first-order valence-corrected chi connectivity index (χ1v) is 13.2. The first-order chi connectivity index (χ1) is 18.9. The number of nitrogens with zero attached hydrogens (tertiary/aromatic N) is 2. The van der Waals surface area contributed by atoms with Crippen LogP contribution in [0, 0.1) is 0 Å². The second-order valence-electron chi connectivity index (χ2n) is 8.81. The zero-order chi connectivity index (χ0) is 27.7. The van der Waals surface area contributed by atoms with Crippen LogP contribution in [0.1, 0.15) is 31.0 Å². The lowest BCUT2D eigenvalue weighted by Gasteiger charge is -2.26. The van der Waals surface area contributed by atoms with E-state index in [1.165, 1.54) is 11.3 Å². The molecule has 5 rings (SSSR count). The predicted molar refractivity (Wildman–Crippen MR) is 150 cm³/mol. The van der Waals surface area contributed by atoms with E-state index in [1.807, 2.05) is 36.4 Å². The van der Waals surface area contributed by atoms with Gasteiger partial charge in [-0.2, -0.15) is 0 Å². The Bertz CT molecular complexity index is 1800. The van der Waals surface area contributed by atoms with Gasteiger partial charge in [0.25, 0.3) is 5.56 Å². The fourth-order valence-corrected chi connectivity index (χ4v) is 5.93. The van der Waals surface area contributed by atoms with Crippen LogP contribution >= 0.6 is 11.3 Å². The zero-order valence-corrected chi connectivity index (χ0v) is 23.1. The molecule has 0 N–H and O–H groups in total. The van der Waals surface area contributed by atoms with Crippen molar-refractivity contribution in [3.8, 4) is 17.2 Å². The second-order valence-corrected chi connectivity index (χ2v) is 9.82. The molecule has 1 aliphatic rings. The van der Waals surface area contributed by atoms with Gasteiger partial charge in [0.05, 0.1) is 49.8 Å². The Morgan fingerprint density at radius 2 is 1.72 bits per heavy atom. The molecular formula is C30H28N2O6S. The lowest BCUT2D eigenvalue weighted by molar-refractivity contribution is -0.139. The number of methoxy groups -OCH3 is 3. The first-order valence-electron chi connectivity index (χ1n) is 12.4. The number of hydrogen-bond acceptors (Lipinski definition) is 8. The molecule has 1 atom stereocenters. The summed E-state index contributed by atoms with van der Waals surface area (Å²) >= 11 is 1.25. The Labute approximate surface area is 229 Å². The summed E-state index contributed by atoms with van der Waals surface area (Å²) in [4.78, 5) is 32.5. The number of benzene rings is 3. The van der Waals surface area contributed by atoms with Gasteiger partial charge in [-0.05, 0) is 55.1 Å². The van der Waals surface area contributed by atoms with Crippen LogP contribution in [0.4, 0.5) is 0 Å². The van der Waals surface area contributed by atoms with E-state index in [9.17, 15) is 9.59 Å². The van der Waals surface area contributed by atoms with Gasteiger partial charge in [0.2, 0.25) is 0 Å². The van der Waals surface area contributed by atoms with Crippen LogP contribution in [0.2, 0.25) is 0 Å². The highest BCUT2D eigenvalue weighted by Gasteiger charge is 2.34. The van der Waals surface area contributed by atoms with E-state index in [1.54, 1.807) is 64.0 Å². The highest BCUT2D eigenvalue weighted by molar-refractivity contribution is 7.07. The molecule has 9 heteroatoms. The SMILES string of the molecule is CCOC(=O)C1=C(C)N=c2s/c(=C\c3cc(OC)ccc3OC)c(=O)n2[C@@H]1c1ccc(OC)c2ccccc12. The molecule has 0 bridgehead atoms. The Hall–Kier alpha value is -4.37. The van der Waals surface area contributed by atoms with Crippen LogP contribution in [0.3, 0.4) is 0 Å². The fraction of sp³-hybridized carbons (Fsp3) is 0.233. The molecule has 0 saturated carbocycles. The summed E-state index contributed by atoms with van der Waals surface area (Å²) in [5.74, 6) is 1.43. The second kappa shape index (κ2) is 10.8. The minimum Gasteiger partial charge on any atom is -0.497 e. The molecule has 0 saturated heterocycles. The third-order valence-corrected chi connectivity index (χ3v) is 7.66. The number of thiazole rings is 1. The molecule has 2 heterocycles. The minimum absolute atomic E-state index is 0.200. The predicted octanol–water partition coefficient (Wildman–Crippen LogP) is 3.98. The van der Waals surface area contributed by atoms with Crippen LogP contribution in [-0.2, 0) is 9.53 Å².